The third-order valence-corrected chi connectivity index (χ3v) is 3.64. The Hall–Kier alpha value is -2.67. The summed E-state index contributed by atoms with van der Waals surface area (Å²) in [5.41, 5.74) is 6.29. The maximum Gasteiger partial charge on any atom is 0.338 e. The minimum atomic E-state index is -0.979. The number of primary amides is 1. The molecule has 0 radical (unpaired) electrons. The molecular formula is C17H15BrN2O4. The molecule has 2 rings (SSSR count). The van der Waals surface area contributed by atoms with Gasteiger partial charge in [0.1, 0.15) is 0 Å². The summed E-state index contributed by atoms with van der Waals surface area (Å²) in [7, 11) is 0. The van der Waals surface area contributed by atoms with Gasteiger partial charge in [0.15, 0.2) is 6.10 Å². The van der Waals surface area contributed by atoms with Crippen LogP contribution >= 0.6 is 15.9 Å². The van der Waals surface area contributed by atoms with Crippen molar-refractivity contribution in [3.05, 3.63) is 64.1 Å². The fourth-order valence-corrected chi connectivity index (χ4v) is 2.26. The van der Waals surface area contributed by atoms with Gasteiger partial charge in [0.2, 0.25) is 5.91 Å². The van der Waals surface area contributed by atoms with Crippen LogP contribution in [-0.2, 0) is 9.53 Å². The van der Waals surface area contributed by atoms with E-state index in [2.05, 4.69) is 21.2 Å². The molecule has 2 aromatic carbocycles. The molecule has 0 saturated carbocycles. The Bertz CT molecular complexity index is 774. The summed E-state index contributed by atoms with van der Waals surface area (Å²) in [4.78, 5) is 35.1. The van der Waals surface area contributed by atoms with E-state index in [0.717, 1.165) is 4.47 Å². The quantitative estimate of drug-likeness (QED) is 0.766. The third kappa shape index (κ3) is 4.66. The highest BCUT2D eigenvalue weighted by molar-refractivity contribution is 9.10. The molecule has 0 aliphatic heterocycles. The molecule has 6 nitrogen and oxygen atoms in total. The van der Waals surface area contributed by atoms with Crippen molar-refractivity contribution < 1.29 is 19.1 Å². The van der Waals surface area contributed by atoms with Gasteiger partial charge in [0.25, 0.3) is 5.91 Å². The van der Waals surface area contributed by atoms with E-state index < -0.39 is 23.9 Å². The zero-order valence-electron chi connectivity index (χ0n) is 12.8. The lowest BCUT2D eigenvalue weighted by Gasteiger charge is -2.13. The van der Waals surface area contributed by atoms with Crippen molar-refractivity contribution in [2.45, 2.75) is 13.0 Å². The standard InChI is InChI=1S/C17H15BrN2O4/c1-10(24-17(23)12-3-2-4-13(18)9-12)16(22)20-14-7-5-11(6-8-14)15(19)21/h2-10H,1H3,(H2,19,21)(H,20,22)/t10-/m1/s1. The molecule has 124 valence electrons. The number of hydrogen-bond acceptors (Lipinski definition) is 4. The molecule has 2 aromatic rings. The molecule has 0 bridgehead atoms. The molecule has 0 fully saturated rings. The van der Waals surface area contributed by atoms with E-state index in [1.165, 1.54) is 19.1 Å². The molecule has 24 heavy (non-hydrogen) atoms. The largest absolute Gasteiger partial charge is 0.449 e. The number of rotatable bonds is 5. The maximum absolute atomic E-state index is 12.1. The SMILES string of the molecule is C[C@@H](OC(=O)c1cccc(Br)c1)C(=O)Nc1ccc(C(N)=O)cc1. The number of halogens is 1. The molecule has 0 saturated heterocycles. The van der Waals surface area contributed by atoms with E-state index in [0.29, 0.717) is 16.8 Å². The number of carbonyl (C=O) groups excluding carboxylic acids is 3. The molecule has 0 aromatic heterocycles. The molecule has 1 atom stereocenters. The number of hydrogen-bond donors (Lipinski definition) is 2. The van der Waals surface area contributed by atoms with Crippen LogP contribution in [0.3, 0.4) is 0 Å². The number of esters is 1. The second kappa shape index (κ2) is 7.74. The zero-order chi connectivity index (χ0) is 17.7. The van der Waals surface area contributed by atoms with Crippen LogP contribution in [0.4, 0.5) is 5.69 Å². The highest BCUT2D eigenvalue weighted by Gasteiger charge is 2.19. The Kier molecular flexibility index (Phi) is 5.70. The molecule has 0 unspecified atom stereocenters. The number of nitrogens with one attached hydrogen (secondary N) is 1. The second-order valence-corrected chi connectivity index (χ2v) is 5.90. The average Bonchev–Trinajstić information content (AvgIpc) is 2.55. The van der Waals surface area contributed by atoms with Gasteiger partial charge in [-0.3, -0.25) is 9.59 Å². The van der Waals surface area contributed by atoms with E-state index in [4.69, 9.17) is 10.5 Å². The lowest BCUT2D eigenvalue weighted by atomic mass is 10.2. The fraction of sp³-hybridized carbons (Fsp3) is 0.118. The van der Waals surface area contributed by atoms with Crippen LogP contribution in [0.1, 0.15) is 27.6 Å². The molecule has 0 aliphatic carbocycles. The molecule has 0 heterocycles. The van der Waals surface area contributed by atoms with E-state index in [1.807, 2.05) is 0 Å². The van der Waals surface area contributed by atoms with E-state index >= 15 is 0 Å². The summed E-state index contributed by atoms with van der Waals surface area (Å²) >= 11 is 3.27. The predicted octanol–water partition coefficient (Wildman–Crippen LogP) is 2.73. The van der Waals surface area contributed by atoms with Gasteiger partial charge in [-0.25, -0.2) is 4.79 Å². The number of anilines is 1. The minimum Gasteiger partial charge on any atom is -0.449 e. The summed E-state index contributed by atoms with van der Waals surface area (Å²) < 4.78 is 5.88. The van der Waals surface area contributed by atoms with Crippen molar-refractivity contribution in [1.82, 2.24) is 0 Å². The highest BCUT2D eigenvalue weighted by atomic mass is 79.9. The molecule has 7 heteroatoms. The molecule has 2 amide bonds. The van der Waals surface area contributed by atoms with Gasteiger partial charge in [-0.15, -0.1) is 0 Å². The van der Waals surface area contributed by atoms with Gasteiger partial charge in [-0.1, -0.05) is 22.0 Å². The molecule has 3 N–H and O–H groups in total. The van der Waals surface area contributed by atoms with Crippen LogP contribution in [0.5, 0.6) is 0 Å². The monoisotopic (exact) mass is 390 g/mol. The summed E-state index contributed by atoms with van der Waals surface area (Å²) in [5.74, 6) is -1.63. The van der Waals surface area contributed by atoms with Gasteiger partial charge in [0.05, 0.1) is 5.56 Å². The lowest BCUT2D eigenvalue weighted by Crippen LogP contribution is -2.30. The van der Waals surface area contributed by atoms with E-state index in [1.54, 1.807) is 36.4 Å². The Morgan fingerprint density at radius 2 is 1.75 bits per heavy atom. The van der Waals surface area contributed by atoms with Crippen molar-refractivity contribution in [1.29, 1.82) is 0 Å². The highest BCUT2D eigenvalue weighted by Crippen LogP contribution is 2.14. The van der Waals surface area contributed by atoms with Crippen LogP contribution in [0.2, 0.25) is 0 Å². The first-order valence-electron chi connectivity index (χ1n) is 7.04. The molecular weight excluding hydrogens is 376 g/mol. The number of ether oxygens (including phenoxy) is 1. The van der Waals surface area contributed by atoms with E-state index in [-0.39, 0.29) is 0 Å². The predicted molar refractivity (Wildman–Crippen MR) is 92.6 cm³/mol. The van der Waals surface area contributed by atoms with Crippen molar-refractivity contribution in [3.63, 3.8) is 0 Å². The number of carbonyl (C=O) groups is 3. The van der Waals surface area contributed by atoms with Crippen LogP contribution in [0.25, 0.3) is 0 Å². The van der Waals surface area contributed by atoms with Crippen LogP contribution in [0.15, 0.2) is 53.0 Å². The summed E-state index contributed by atoms with van der Waals surface area (Å²) in [5, 5.41) is 2.60. The lowest BCUT2D eigenvalue weighted by molar-refractivity contribution is -0.123. The Morgan fingerprint density at radius 1 is 1.08 bits per heavy atom. The van der Waals surface area contributed by atoms with Crippen molar-refractivity contribution in [2.24, 2.45) is 5.73 Å². The topological polar surface area (TPSA) is 98.5 Å². The van der Waals surface area contributed by atoms with Gasteiger partial charge in [-0.05, 0) is 49.4 Å². The fourth-order valence-electron chi connectivity index (χ4n) is 1.86. The van der Waals surface area contributed by atoms with Gasteiger partial charge in [0, 0.05) is 15.7 Å². The first kappa shape index (κ1) is 17.7. The Labute approximate surface area is 147 Å². The van der Waals surface area contributed by atoms with Crippen molar-refractivity contribution >= 4 is 39.4 Å². The van der Waals surface area contributed by atoms with Crippen LogP contribution in [0, 0.1) is 0 Å². The molecule has 0 spiro atoms. The number of nitrogens with two attached hydrogens (primary N) is 1. The van der Waals surface area contributed by atoms with Crippen molar-refractivity contribution in [3.8, 4) is 0 Å². The van der Waals surface area contributed by atoms with Crippen molar-refractivity contribution in [2.75, 3.05) is 5.32 Å². The maximum atomic E-state index is 12.1. The average molecular weight is 391 g/mol. The van der Waals surface area contributed by atoms with E-state index in [9.17, 15) is 14.4 Å². The Morgan fingerprint density at radius 3 is 2.33 bits per heavy atom. The number of benzene rings is 2. The minimum absolute atomic E-state index is 0.335. The smallest absolute Gasteiger partial charge is 0.338 e. The number of amides is 2. The van der Waals surface area contributed by atoms with Crippen LogP contribution < -0.4 is 11.1 Å². The summed E-state index contributed by atoms with van der Waals surface area (Å²) in [6.07, 6.45) is -0.979. The first-order valence-corrected chi connectivity index (χ1v) is 7.83. The van der Waals surface area contributed by atoms with Crippen LogP contribution in [-0.4, -0.2) is 23.9 Å². The normalized spacial score (nSPS) is 11.4. The second-order valence-electron chi connectivity index (χ2n) is 4.99. The van der Waals surface area contributed by atoms with Gasteiger partial charge < -0.3 is 15.8 Å². The Balaban J connectivity index is 1.96. The van der Waals surface area contributed by atoms with Gasteiger partial charge in [-0.2, -0.15) is 0 Å². The molecule has 0 aliphatic rings. The third-order valence-electron chi connectivity index (χ3n) is 3.15. The summed E-state index contributed by atoms with van der Waals surface area (Å²) in [6, 6.07) is 12.8. The summed E-state index contributed by atoms with van der Waals surface area (Å²) in [6.45, 7) is 1.48. The first-order chi connectivity index (χ1) is 11.4. The zero-order valence-corrected chi connectivity index (χ0v) is 14.4. The van der Waals surface area contributed by atoms with Gasteiger partial charge >= 0.3 is 5.97 Å².